The molecule has 0 saturated carbocycles. The van der Waals surface area contributed by atoms with Crippen molar-refractivity contribution in [1.82, 2.24) is 0 Å². The lowest BCUT2D eigenvalue weighted by atomic mass is 9.83. The van der Waals surface area contributed by atoms with Crippen molar-refractivity contribution < 1.29 is 9.90 Å². The fourth-order valence-corrected chi connectivity index (χ4v) is 2.00. The van der Waals surface area contributed by atoms with E-state index in [2.05, 4.69) is 45.9 Å². The van der Waals surface area contributed by atoms with Gasteiger partial charge in [-0.2, -0.15) is 0 Å². The molecule has 0 amide bonds. The Hall–Kier alpha value is -1.31. The molecule has 0 saturated heterocycles. The van der Waals surface area contributed by atoms with Crippen LogP contribution in [0.4, 0.5) is 0 Å². The lowest BCUT2D eigenvalue weighted by Gasteiger charge is -2.22. The highest BCUT2D eigenvalue weighted by Gasteiger charge is 2.26. The van der Waals surface area contributed by atoms with E-state index in [4.69, 9.17) is 5.11 Å². The Kier molecular flexibility index (Phi) is 4.44. The van der Waals surface area contributed by atoms with Crippen molar-refractivity contribution in [3.05, 3.63) is 34.9 Å². The summed E-state index contributed by atoms with van der Waals surface area (Å²) in [6.07, 6.45) is 1.48. The van der Waals surface area contributed by atoms with E-state index >= 15 is 0 Å². The minimum atomic E-state index is -0.725. The molecule has 0 fully saturated rings. The van der Waals surface area contributed by atoms with Gasteiger partial charge >= 0.3 is 5.97 Å². The molecule has 0 spiro atoms. The first-order valence-corrected chi connectivity index (χ1v) is 6.87. The molecule has 19 heavy (non-hydrogen) atoms. The van der Waals surface area contributed by atoms with E-state index in [1.54, 1.807) is 13.8 Å². The normalized spacial score (nSPS) is 12.5. The van der Waals surface area contributed by atoms with Crippen LogP contribution in [-0.4, -0.2) is 11.1 Å². The van der Waals surface area contributed by atoms with Gasteiger partial charge in [-0.15, -0.1) is 0 Å². The van der Waals surface area contributed by atoms with Crippen molar-refractivity contribution in [3.63, 3.8) is 0 Å². The number of carboxylic acids is 1. The standard InChI is InChI=1S/C17H26O2/c1-12-11-14(16(2,3)4)8-7-13(12)9-10-17(5,6)15(18)19/h7-8,11H,9-10H2,1-6H3,(H,18,19). The van der Waals surface area contributed by atoms with E-state index in [0.717, 1.165) is 6.42 Å². The van der Waals surface area contributed by atoms with Gasteiger partial charge in [0, 0.05) is 0 Å². The molecule has 0 atom stereocenters. The second-order valence-corrected chi connectivity index (χ2v) is 7.08. The molecule has 0 bridgehead atoms. The maximum Gasteiger partial charge on any atom is 0.309 e. The molecular weight excluding hydrogens is 236 g/mol. The van der Waals surface area contributed by atoms with Crippen molar-refractivity contribution in [2.45, 2.75) is 59.8 Å². The van der Waals surface area contributed by atoms with Gasteiger partial charge in [-0.25, -0.2) is 0 Å². The largest absolute Gasteiger partial charge is 0.481 e. The Morgan fingerprint density at radius 1 is 1.16 bits per heavy atom. The molecule has 0 radical (unpaired) electrons. The van der Waals surface area contributed by atoms with Crippen LogP contribution in [0.2, 0.25) is 0 Å². The van der Waals surface area contributed by atoms with Gasteiger partial charge < -0.3 is 5.11 Å². The zero-order valence-corrected chi connectivity index (χ0v) is 13.0. The number of carboxylic acid groups (broad SMARTS) is 1. The van der Waals surface area contributed by atoms with E-state index < -0.39 is 11.4 Å². The topological polar surface area (TPSA) is 37.3 Å². The first-order valence-electron chi connectivity index (χ1n) is 6.87. The third kappa shape index (κ3) is 4.09. The summed E-state index contributed by atoms with van der Waals surface area (Å²) in [5.74, 6) is -0.725. The Morgan fingerprint density at radius 3 is 2.16 bits per heavy atom. The molecule has 0 aliphatic rings. The molecule has 1 N–H and O–H groups in total. The molecule has 2 heteroatoms. The molecule has 0 aromatic heterocycles. The second kappa shape index (κ2) is 5.36. The molecule has 0 aliphatic carbocycles. The summed E-state index contributed by atoms with van der Waals surface area (Å²) >= 11 is 0. The van der Waals surface area contributed by atoms with Gasteiger partial charge in [0.15, 0.2) is 0 Å². The van der Waals surface area contributed by atoms with Crippen LogP contribution in [0.25, 0.3) is 0 Å². The number of aryl methyl sites for hydroxylation is 2. The van der Waals surface area contributed by atoms with E-state index in [9.17, 15) is 4.79 Å². The molecule has 2 nitrogen and oxygen atoms in total. The fourth-order valence-electron chi connectivity index (χ4n) is 2.00. The average Bonchev–Trinajstić information content (AvgIpc) is 2.25. The van der Waals surface area contributed by atoms with Crippen LogP contribution in [0, 0.1) is 12.3 Å². The van der Waals surface area contributed by atoms with Gasteiger partial charge in [0.25, 0.3) is 0 Å². The van der Waals surface area contributed by atoms with Gasteiger partial charge in [0.05, 0.1) is 5.41 Å². The molecule has 1 aromatic carbocycles. The Bertz CT molecular complexity index is 465. The third-order valence-electron chi connectivity index (χ3n) is 3.81. The van der Waals surface area contributed by atoms with Gasteiger partial charge in [-0.1, -0.05) is 39.0 Å². The Labute approximate surface area is 116 Å². The molecule has 106 valence electrons. The maximum absolute atomic E-state index is 11.1. The number of hydrogen-bond donors (Lipinski definition) is 1. The average molecular weight is 262 g/mol. The van der Waals surface area contributed by atoms with Crippen molar-refractivity contribution in [2.24, 2.45) is 5.41 Å². The van der Waals surface area contributed by atoms with Crippen molar-refractivity contribution in [2.75, 3.05) is 0 Å². The van der Waals surface area contributed by atoms with Crippen LogP contribution >= 0.6 is 0 Å². The van der Waals surface area contributed by atoms with Crippen LogP contribution < -0.4 is 0 Å². The summed E-state index contributed by atoms with van der Waals surface area (Å²) in [4.78, 5) is 11.1. The SMILES string of the molecule is Cc1cc(C(C)(C)C)ccc1CCC(C)(C)C(=O)O. The summed E-state index contributed by atoms with van der Waals surface area (Å²) in [5, 5.41) is 9.14. The zero-order chi connectivity index (χ0) is 14.8. The fraction of sp³-hybridized carbons (Fsp3) is 0.588. The molecule has 1 aromatic rings. The zero-order valence-electron chi connectivity index (χ0n) is 13.0. The minimum absolute atomic E-state index is 0.156. The van der Waals surface area contributed by atoms with Crippen LogP contribution in [0.3, 0.4) is 0 Å². The lowest BCUT2D eigenvalue weighted by Crippen LogP contribution is -2.24. The highest BCUT2D eigenvalue weighted by molar-refractivity contribution is 5.73. The van der Waals surface area contributed by atoms with E-state index in [1.165, 1.54) is 16.7 Å². The number of aliphatic carboxylic acids is 1. The predicted octanol–water partition coefficient (Wildman–Crippen LogP) is 4.34. The molecule has 1 rings (SSSR count). The second-order valence-electron chi connectivity index (χ2n) is 7.08. The van der Waals surface area contributed by atoms with Gasteiger partial charge in [-0.05, 0) is 55.7 Å². The van der Waals surface area contributed by atoms with Crippen molar-refractivity contribution in [3.8, 4) is 0 Å². The summed E-state index contributed by atoms with van der Waals surface area (Å²) < 4.78 is 0. The molecule has 0 unspecified atom stereocenters. The van der Waals surface area contributed by atoms with Crippen molar-refractivity contribution >= 4 is 5.97 Å². The number of carbonyl (C=O) groups is 1. The minimum Gasteiger partial charge on any atom is -0.481 e. The monoisotopic (exact) mass is 262 g/mol. The molecule has 0 heterocycles. The van der Waals surface area contributed by atoms with Gasteiger partial charge in [0.2, 0.25) is 0 Å². The Morgan fingerprint density at radius 2 is 1.74 bits per heavy atom. The first kappa shape index (κ1) is 15.7. The van der Waals surface area contributed by atoms with E-state index in [-0.39, 0.29) is 5.41 Å². The van der Waals surface area contributed by atoms with Crippen LogP contribution in [0.5, 0.6) is 0 Å². The van der Waals surface area contributed by atoms with Gasteiger partial charge in [0.1, 0.15) is 0 Å². The van der Waals surface area contributed by atoms with Crippen LogP contribution in [0.15, 0.2) is 18.2 Å². The van der Waals surface area contributed by atoms with Crippen LogP contribution in [-0.2, 0) is 16.6 Å². The summed E-state index contributed by atoms with van der Waals surface area (Å²) in [6.45, 7) is 12.3. The third-order valence-corrected chi connectivity index (χ3v) is 3.81. The Balaban J connectivity index is 2.85. The summed E-state index contributed by atoms with van der Waals surface area (Å²) in [5.41, 5.74) is 3.33. The predicted molar refractivity (Wildman–Crippen MR) is 79.6 cm³/mol. The number of rotatable bonds is 4. The highest BCUT2D eigenvalue weighted by Crippen LogP contribution is 2.27. The quantitative estimate of drug-likeness (QED) is 0.876. The maximum atomic E-state index is 11.1. The number of hydrogen-bond acceptors (Lipinski definition) is 1. The summed E-state index contributed by atoms with van der Waals surface area (Å²) in [7, 11) is 0. The van der Waals surface area contributed by atoms with Crippen molar-refractivity contribution in [1.29, 1.82) is 0 Å². The summed E-state index contributed by atoms with van der Waals surface area (Å²) in [6, 6.07) is 6.53. The first-order chi connectivity index (χ1) is 8.54. The number of benzene rings is 1. The molecular formula is C17H26O2. The van der Waals surface area contributed by atoms with E-state index in [1.807, 2.05) is 0 Å². The smallest absolute Gasteiger partial charge is 0.309 e. The van der Waals surface area contributed by atoms with Gasteiger partial charge in [-0.3, -0.25) is 4.79 Å². The van der Waals surface area contributed by atoms with E-state index in [0.29, 0.717) is 6.42 Å². The van der Waals surface area contributed by atoms with Crippen LogP contribution in [0.1, 0.15) is 57.7 Å². The molecule has 0 aliphatic heterocycles. The highest BCUT2D eigenvalue weighted by atomic mass is 16.4. The lowest BCUT2D eigenvalue weighted by molar-refractivity contribution is -0.147.